The summed E-state index contributed by atoms with van der Waals surface area (Å²) >= 11 is 0. The predicted octanol–water partition coefficient (Wildman–Crippen LogP) is 8.35. The molecular weight excluding hydrogens is 775 g/mol. The molecule has 2 fully saturated rings. The Kier molecular flexibility index (Phi) is 16.7. The third kappa shape index (κ3) is 14.5. The summed E-state index contributed by atoms with van der Waals surface area (Å²) in [5.41, 5.74) is 4.11. The molecule has 0 saturated carbocycles. The molecule has 0 unspecified atom stereocenters. The van der Waals surface area contributed by atoms with Gasteiger partial charge >= 0.3 is 5.97 Å². The number of likely N-dealkylation sites (tertiary alicyclic amines) is 2. The monoisotopic (exact) mass is 841 g/mol. The van der Waals surface area contributed by atoms with Gasteiger partial charge in [-0.15, -0.1) is 0 Å². The van der Waals surface area contributed by atoms with Crippen molar-refractivity contribution in [2.75, 3.05) is 32.8 Å². The van der Waals surface area contributed by atoms with Crippen molar-refractivity contribution in [2.45, 2.75) is 131 Å². The highest BCUT2D eigenvalue weighted by Gasteiger charge is 2.32. The molecule has 3 aromatic rings. The van der Waals surface area contributed by atoms with Crippen LogP contribution >= 0.6 is 0 Å². The van der Waals surface area contributed by atoms with Gasteiger partial charge < -0.3 is 34.2 Å². The van der Waals surface area contributed by atoms with Crippen LogP contribution in [0, 0.1) is 6.92 Å². The molecule has 2 aliphatic rings. The highest BCUT2D eigenvalue weighted by molar-refractivity contribution is 5.98. The number of phenols is 2. The van der Waals surface area contributed by atoms with Crippen LogP contribution in [0.1, 0.15) is 137 Å². The van der Waals surface area contributed by atoms with E-state index in [2.05, 4.69) is 11.9 Å². The van der Waals surface area contributed by atoms with E-state index in [0.717, 1.165) is 28.0 Å². The lowest BCUT2D eigenvalue weighted by Gasteiger charge is -2.35. The number of Topliss-reactive ketones (excluding diaryl/α,β-unsaturated/α-hetero) is 1. The molecule has 12 heteroatoms. The van der Waals surface area contributed by atoms with Gasteiger partial charge in [-0.3, -0.25) is 24.5 Å². The van der Waals surface area contributed by atoms with Crippen LogP contribution in [-0.4, -0.2) is 99.7 Å². The van der Waals surface area contributed by atoms with Crippen molar-refractivity contribution in [1.82, 2.24) is 15.1 Å². The van der Waals surface area contributed by atoms with E-state index in [0.29, 0.717) is 69.6 Å². The van der Waals surface area contributed by atoms with Gasteiger partial charge in [-0.25, -0.2) is 0 Å². The highest BCUT2D eigenvalue weighted by atomic mass is 16.6. The number of piperidine rings is 2. The maximum atomic E-state index is 13.1. The van der Waals surface area contributed by atoms with Crippen molar-refractivity contribution in [3.05, 3.63) is 94.6 Å². The van der Waals surface area contributed by atoms with Crippen molar-refractivity contribution in [1.29, 1.82) is 0 Å². The number of aromatic hydroxyl groups is 2. The van der Waals surface area contributed by atoms with Gasteiger partial charge in [0.2, 0.25) is 0 Å². The Bertz CT molecular complexity index is 2010. The number of esters is 1. The number of ether oxygens (including phenoxy) is 3. The van der Waals surface area contributed by atoms with Gasteiger partial charge in [0.15, 0.2) is 0 Å². The molecule has 2 amide bonds. The second kappa shape index (κ2) is 21.1. The van der Waals surface area contributed by atoms with E-state index in [1.54, 1.807) is 15.9 Å². The molecule has 0 radical (unpaired) electrons. The van der Waals surface area contributed by atoms with Crippen LogP contribution in [-0.2, 0) is 25.7 Å². The number of phenolic OH excluding ortho intramolecular Hbond substituents is 2. The van der Waals surface area contributed by atoms with E-state index >= 15 is 0 Å². The third-order valence-electron chi connectivity index (χ3n) is 10.5. The zero-order valence-electron chi connectivity index (χ0n) is 37.9. The number of amides is 2. The number of carbonyl (C=O) groups is 4. The molecule has 12 nitrogen and oxygen atoms in total. The second-order valence-electron chi connectivity index (χ2n) is 18.4. The minimum absolute atomic E-state index is 0.0159. The van der Waals surface area contributed by atoms with Gasteiger partial charge in [-0.2, -0.15) is 0 Å². The number of rotatable bonds is 12. The third-order valence-corrected chi connectivity index (χ3v) is 10.5. The summed E-state index contributed by atoms with van der Waals surface area (Å²) in [5.74, 6) is 0.0776. The molecule has 0 spiro atoms. The first kappa shape index (κ1) is 48.5. The molecule has 2 heterocycles. The predicted molar refractivity (Wildman–Crippen MR) is 238 cm³/mol. The smallest absolute Gasteiger partial charge is 0.326 e. The summed E-state index contributed by atoms with van der Waals surface area (Å²) < 4.78 is 17.5. The van der Waals surface area contributed by atoms with E-state index in [4.69, 9.17) is 14.2 Å². The van der Waals surface area contributed by atoms with Crippen LogP contribution in [0.5, 0.6) is 17.2 Å². The summed E-state index contributed by atoms with van der Waals surface area (Å²) in [6.07, 6.45) is 2.18. The summed E-state index contributed by atoms with van der Waals surface area (Å²) in [4.78, 5) is 53.7. The summed E-state index contributed by atoms with van der Waals surface area (Å²) in [6, 6.07) is 16.0. The van der Waals surface area contributed by atoms with Crippen LogP contribution in [0.15, 0.2) is 61.2 Å². The maximum Gasteiger partial charge on any atom is 0.326 e. The van der Waals surface area contributed by atoms with Crippen molar-refractivity contribution in [3.63, 3.8) is 0 Å². The standard InChI is InChI=1S/C26H42N2O6.C23H25NO3/c1-16(2)18-13-19(22(30)14-21(18)29)23(31)28-11-9-17(10-12-28)27-20(15-33-25(3,4)5)24(32)34-26(6,7)8;1-16(2)20-14-21(23(26)24-11-9-19(25)10-12-24)17(3)13-22(20)27-15-18-7-5-4-6-8-18/h13-14,16-17,20,27,29-30H,9-12,15H2,1-8H3;4-8,13-14H,1,9-12,15H2,2-3H3/t20-;/m0./s1. The molecular formula is C49H67N3O9. The number of ketones is 1. The number of allylic oxidation sites excluding steroid dienone is 1. The van der Waals surface area contributed by atoms with Crippen LogP contribution in [0.25, 0.3) is 5.57 Å². The number of hydrogen-bond donors (Lipinski definition) is 3. The Morgan fingerprint density at radius 3 is 1.97 bits per heavy atom. The van der Waals surface area contributed by atoms with Crippen molar-refractivity contribution in [2.24, 2.45) is 0 Å². The van der Waals surface area contributed by atoms with Gasteiger partial charge in [0.05, 0.1) is 17.8 Å². The lowest BCUT2D eigenvalue weighted by molar-refractivity contribution is -0.161. The van der Waals surface area contributed by atoms with Gasteiger partial charge in [0, 0.05) is 62.3 Å². The largest absolute Gasteiger partial charge is 0.508 e. The molecule has 1 atom stereocenters. The topological polar surface area (TPSA) is 155 Å². The van der Waals surface area contributed by atoms with Crippen molar-refractivity contribution >= 4 is 29.1 Å². The van der Waals surface area contributed by atoms with Crippen LogP contribution < -0.4 is 10.1 Å². The minimum atomic E-state index is -0.611. The number of benzene rings is 3. The average molecular weight is 842 g/mol. The van der Waals surface area contributed by atoms with E-state index in [-0.39, 0.29) is 59.2 Å². The number of hydrogen-bond acceptors (Lipinski definition) is 10. The van der Waals surface area contributed by atoms with E-state index < -0.39 is 17.2 Å². The Morgan fingerprint density at radius 2 is 1.41 bits per heavy atom. The molecule has 61 heavy (non-hydrogen) atoms. The fourth-order valence-corrected chi connectivity index (χ4v) is 7.05. The molecule has 0 aliphatic carbocycles. The summed E-state index contributed by atoms with van der Waals surface area (Å²) in [5, 5.41) is 23.7. The van der Waals surface area contributed by atoms with Crippen LogP contribution in [0.3, 0.4) is 0 Å². The average Bonchev–Trinajstić information content (AvgIpc) is 3.18. The zero-order chi connectivity index (χ0) is 45.2. The summed E-state index contributed by atoms with van der Waals surface area (Å²) in [7, 11) is 0. The fourth-order valence-electron chi connectivity index (χ4n) is 7.05. The molecule has 3 N–H and O–H groups in total. The van der Waals surface area contributed by atoms with E-state index in [1.165, 1.54) is 6.07 Å². The highest BCUT2D eigenvalue weighted by Crippen LogP contribution is 2.34. The second-order valence-corrected chi connectivity index (χ2v) is 18.4. The van der Waals surface area contributed by atoms with Gasteiger partial charge in [-0.1, -0.05) is 50.8 Å². The van der Waals surface area contributed by atoms with Gasteiger partial charge in [0.25, 0.3) is 11.8 Å². The maximum absolute atomic E-state index is 13.1. The molecule has 0 aromatic heterocycles. The number of carbonyl (C=O) groups excluding carboxylic acids is 4. The summed E-state index contributed by atoms with van der Waals surface area (Å²) in [6.45, 7) is 25.6. The minimum Gasteiger partial charge on any atom is -0.508 e. The lowest BCUT2D eigenvalue weighted by atomic mass is 9.97. The molecule has 3 aromatic carbocycles. The molecule has 0 bridgehead atoms. The van der Waals surface area contributed by atoms with E-state index in [9.17, 15) is 29.4 Å². The van der Waals surface area contributed by atoms with Gasteiger partial charge in [0.1, 0.15) is 41.3 Å². The van der Waals surface area contributed by atoms with Crippen LogP contribution in [0.2, 0.25) is 0 Å². The number of aryl methyl sites for hydroxylation is 1. The number of nitrogens with one attached hydrogen (secondary N) is 1. The lowest BCUT2D eigenvalue weighted by Crippen LogP contribution is -2.53. The first-order chi connectivity index (χ1) is 28.5. The van der Waals surface area contributed by atoms with E-state index in [1.807, 2.05) is 112 Å². The fraction of sp³-hybridized carbons (Fsp3) is 0.510. The quantitative estimate of drug-likeness (QED) is 0.152. The molecule has 332 valence electrons. The molecule has 2 saturated heterocycles. The molecule has 2 aliphatic heterocycles. The normalized spacial score (nSPS) is 15.5. The van der Waals surface area contributed by atoms with Crippen molar-refractivity contribution in [3.8, 4) is 17.2 Å². The van der Waals surface area contributed by atoms with Gasteiger partial charge in [-0.05, 0) is 115 Å². The Hall–Kier alpha value is -5.20. The Morgan fingerprint density at radius 1 is 0.820 bits per heavy atom. The Labute approximate surface area is 362 Å². The zero-order valence-corrected chi connectivity index (χ0v) is 37.9. The Balaban J connectivity index is 0.000000275. The van der Waals surface area contributed by atoms with Crippen molar-refractivity contribution < 1.29 is 43.6 Å². The first-order valence-electron chi connectivity index (χ1n) is 21.3. The first-order valence-corrected chi connectivity index (χ1v) is 21.3. The van der Waals surface area contributed by atoms with Crippen LogP contribution in [0.4, 0.5) is 0 Å². The molecule has 5 rings (SSSR count). The SMILES string of the molecule is C=C(C)c1cc(C(=O)N2CCC(=O)CC2)c(C)cc1OCc1ccccc1.CC(C)c1cc(C(=O)N2CCC(N[C@@H](COC(C)(C)C)C(=O)OC(C)(C)C)CC2)c(O)cc1O. The number of nitrogens with zero attached hydrogens (tertiary/aromatic N) is 2.